The molecule has 0 aliphatic rings. The Balaban J connectivity index is 1.80. The lowest BCUT2D eigenvalue weighted by Gasteiger charge is -2.13. The predicted molar refractivity (Wildman–Crippen MR) is 135 cm³/mol. The quantitative estimate of drug-likeness (QED) is 0.256. The molecular formula is C26H21ClN4O4. The second-order valence-corrected chi connectivity index (χ2v) is 8.26. The lowest BCUT2D eigenvalue weighted by atomic mass is 10.0. The molecule has 176 valence electrons. The number of azo groups is 1. The van der Waals surface area contributed by atoms with E-state index in [1.165, 1.54) is 18.2 Å². The molecule has 4 aromatic rings. The summed E-state index contributed by atoms with van der Waals surface area (Å²) >= 11 is 6.00. The number of nitrogens with zero attached hydrogens (tertiary/aromatic N) is 2. The molecule has 0 atom stereocenters. The summed E-state index contributed by atoms with van der Waals surface area (Å²) in [7, 11) is 0. The van der Waals surface area contributed by atoms with Crippen molar-refractivity contribution in [3.05, 3.63) is 94.0 Å². The molecule has 0 saturated carbocycles. The molecule has 0 saturated heterocycles. The van der Waals surface area contributed by atoms with E-state index in [1.807, 2.05) is 0 Å². The molecule has 0 unspecified atom stereocenters. The summed E-state index contributed by atoms with van der Waals surface area (Å²) in [6, 6.07) is 18.1. The van der Waals surface area contributed by atoms with Gasteiger partial charge >= 0.3 is 0 Å². The third kappa shape index (κ3) is 4.98. The lowest BCUT2D eigenvalue weighted by Crippen LogP contribution is -2.13. The Morgan fingerprint density at radius 2 is 1.80 bits per heavy atom. The van der Waals surface area contributed by atoms with Crippen molar-refractivity contribution >= 4 is 51.2 Å². The summed E-state index contributed by atoms with van der Waals surface area (Å²) in [5.74, 6) is -1.56. The Labute approximate surface area is 205 Å². The highest BCUT2D eigenvalue weighted by atomic mass is 35.5. The highest BCUT2D eigenvalue weighted by Crippen LogP contribution is 2.40. The van der Waals surface area contributed by atoms with Gasteiger partial charge in [0.1, 0.15) is 5.69 Å². The Hall–Kier alpha value is -4.27. The average Bonchev–Trinajstić information content (AvgIpc) is 2.84. The van der Waals surface area contributed by atoms with E-state index in [9.17, 15) is 19.8 Å². The molecule has 35 heavy (non-hydrogen) atoms. The number of nitrogens with two attached hydrogens (primary N) is 1. The third-order valence-electron chi connectivity index (χ3n) is 5.47. The molecule has 5 N–H and O–H groups in total. The van der Waals surface area contributed by atoms with Crippen LogP contribution in [0.5, 0.6) is 5.75 Å². The van der Waals surface area contributed by atoms with Crippen molar-refractivity contribution in [1.29, 1.82) is 0 Å². The van der Waals surface area contributed by atoms with E-state index in [4.69, 9.17) is 17.3 Å². The predicted octanol–water partition coefficient (Wildman–Crippen LogP) is 5.77. The third-order valence-corrected chi connectivity index (χ3v) is 5.71. The van der Waals surface area contributed by atoms with Gasteiger partial charge in [-0.15, -0.1) is 5.11 Å². The van der Waals surface area contributed by atoms with E-state index >= 15 is 0 Å². The van der Waals surface area contributed by atoms with E-state index in [0.29, 0.717) is 27.0 Å². The SMILES string of the molecule is Cc1cc(Cl)ccc1NC(=O)c1cc2ccccc2c(N=Nc2cc(C(N)=O)ccc2CO)c1O. The van der Waals surface area contributed by atoms with Crippen molar-refractivity contribution in [2.24, 2.45) is 16.0 Å². The number of aromatic hydroxyl groups is 1. The van der Waals surface area contributed by atoms with Crippen LogP contribution in [0.3, 0.4) is 0 Å². The van der Waals surface area contributed by atoms with Crippen LogP contribution >= 0.6 is 11.6 Å². The van der Waals surface area contributed by atoms with Gasteiger partial charge in [0.05, 0.1) is 17.9 Å². The number of amides is 2. The Morgan fingerprint density at radius 1 is 1.03 bits per heavy atom. The van der Waals surface area contributed by atoms with Crippen LogP contribution in [0.4, 0.5) is 17.1 Å². The number of nitrogens with one attached hydrogen (secondary N) is 1. The molecule has 9 heteroatoms. The first-order chi connectivity index (χ1) is 16.8. The van der Waals surface area contributed by atoms with Crippen molar-refractivity contribution in [1.82, 2.24) is 0 Å². The van der Waals surface area contributed by atoms with Gasteiger partial charge in [0.25, 0.3) is 5.91 Å². The minimum atomic E-state index is -0.657. The van der Waals surface area contributed by atoms with Crippen molar-refractivity contribution in [3.8, 4) is 5.75 Å². The summed E-state index contributed by atoms with van der Waals surface area (Å²) in [4.78, 5) is 24.7. The second kappa shape index (κ2) is 9.92. The van der Waals surface area contributed by atoms with Gasteiger partial charge in [-0.1, -0.05) is 41.9 Å². The van der Waals surface area contributed by atoms with Gasteiger partial charge in [0.2, 0.25) is 5.91 Å². The van der Waals surface area contributed by atoms with Crippen molar-refractivity contribution in [3.63, 3.8) is 0 Å². The summed E-state index contributed by atoms with van der Waals surface area (Å²) in [5.41, 5.74) is 7.53. The average molecular weight is 489 g/mol. The summed E-state index contributed by atoms with van der Waals surface area (Å²) in [6.07, 6.45) is 0. The van der Waals surface area contributed by atoms with Crippen LogP contribution in [0.1, 0.15) is 31.8 Å². The topological polar surface area (TPSA) is 137 Å². The number of primary amides is 1. The van der Waals surface area contributed by atoms with Gasteiger partial charge in [-0.05, 0) is 54.3 Å². The summed E-state index contributed by atoms with van der Waals surface area (Å²) in [5, 5.41) is 33.6. The molecule has 0 fully saturated rings. The van der Waals surface area contributed by atoms with Crippen LogP contribution in [0.25, 0.3) is 10.8 Å². The number of halogens is 1. The number of hydrogen-bond acceptors (Lipinski definition) is 6. The summed E-state index contributed by atoms with van der Waals surface area (Å²) < 4.78 is 0. The zero-order valence-corrected chi connectivity index (χ0v) is 19.4. The van der Waals surface area contributed by atoms with Crippen LogP contribution in [0.2, 0.25) is 5.02 Å². The van der Waals surface area contributed by atoms with Gasteiger partial charge < -0.3 is 21.3 Å². The van der Waals surface area contributed by atoms with Crippen LogP contribution in [-0.2, 0) is 6.61 Å². The molecule has 0 aliphatic heterocycles. The molecule has 8 nitrogen and oxygen atoms in total. The zero-order valence-electron chi connectivity index (χ0n) is 18.6. The minimum Gasteiger partial charge on any atom is -0.505 e. The molecule has 4 rings (SSSR count). The molecule has 0 aliphatic carbocycles. The first-order valence-corrected chi connectivity index (χ1v) is 10.9. The fraction of sp³-hybridized carbons (Fsp3) is 0.0769. The number of rotatable bonds is 6. The highest BCUT2D eigenvalue weighted by Gasteiger charge is 2.19. The molecule has 0 heterocycles. The maximum Gasteiger partial charge on any atom is 0.259 e. The molecular weight excluding hydrogens is 468 g/mol. The second-order valence-electron chi connectivity index (χ2n) is 7.82. The van der Waals surface area contributed by atoms with Gasteiger partial charge in [-0.3, -0.25) is 9.59 Å². The number of benzene rings is 4. The normalized spacial score (nSPS) is 11.2. The largest absolute Gasteiger partial charge is 0.505 e. The van der Waals surface area contributed by atoms with Gasteiger partial charge in [0.15, 0.2) is 5.75 Å². The van der Waals surface area contributed by atoms with Crippen LogP contribution < -0.4 is 11.1 Å². The monoisotopic (exact) mass is 488 g/mol. The molecule has 0 aromatic heterocycles. The molecule has 0 bridgehead atoms. The van der Waals surface area contributed by atoms with E-state index in [0.717, 1.165) is 5.56 Å². The number of aliphatic hydroxyl groups excluding tert-OH is 1. The van der Waals surface area contributed by atoms with E-state index in [1.54, 1.807) is 55.5 Å². The maximum absolute atomic E-state index is 13.1. The number of aryl methyl sites for hydroxylation is 1. The van der Waals surface area contributed by atoms with Gasteiger partial charge in [-0.2, -0.15) is 5.11 Å². The standard InChI is InChI=1S/C26H21ClN4O4/c1-14-10-18(27)8-9-21(14)29-26(35)20-11-15-4-2-3-5-19(15)23(24(20)33)31-30-22-12-16(25(28)34)6-7-17(22)13-32/h2-12,32-33H,13H2,1H3,(H2,28,34)(H,29,35). The summed E-state index contributed by atoms with van der Waals surface area (Å²) in [6.45, 7) is 1.46. The number of phenolic OH excluding ortho intramolecular Hbond substituents is 1. The Morgan fingerprint density at radius 3 is 2.51 bits per heavy atom. The first kappa shape index (κ1) is 23.9. The number of fused-ring (bicyclic) bond motifs is 1. The van der Waals surface area contributed by atoms with Crippen LogP contribution in [0.15, 0.2) is 77.0 Å². The molecule has 0 spiro atoms. The van der Waals surface area contributed by atoms with Crippen LogP contribution in [-0.4, -0.2) is 22.0 Å². The van der Waals surface area contributed by atoms with E-state index in [2.05, 4.69) is 15.5 Å². The highest BCUT2D eigenvalue weighted by molar-refractivity contribution is 6.30. The number of carbonyl (C=O) groups is 2. The van der Waals surface area contributed by atoms with Crippen LogP contribution in [0, 0.1) is 6.92 Å². The molecule has 2 amide bonds. The first-order valence-electron chi connectivity index (χ1n) is 10.6. The number of carbonyl (C=O) groups excluding carboxylic acids is 2. The number of anilines is 1. The molecule has 4 aromatic carbocycles. The zero-order chi connectivity index (χ0) is 25.1. The number of aliphatic hydroxyl groups is 1. The fourth-order valence-corrected chi connectivity index (χ4v) is 3.82. The smallest absolute Gasteiger partial charge is 0.259 e. The fourth-order valence-electron chi connectivity index (χ4n) is 3.60. The molecule has 0 radical (unpaired) electrons. The van der Waals surface area contributed by atoms with Gasteiger partial charge in [-0.25, -0.2) is 0 Å². The Bertz CT molecular complexity index is 1500. The van der Waals surface area contributed by atoms with Crippen molar-refractivity contribution in [2.75, 3.05) is 5.32 Å². The van der Waals surface area contributed by atoms with E-state index < -0.39 is 11.8 Å². The van der Waals surface area contributed by atoms with Crippen molar-refractivity contribution < 1.29 is 19.8 Å². The minimum absolute atomic E-state index is 0.000248. The number of hydrogen-bond donors (Lipinski definition) is 4. The van der Waals surface area contributed by atoms with Gasteiger partial charge in [0, 0.05) is 27.2 Å². The Kier molecular flexibility index (Phi) is 6.77. The van der Waals surface area contributed by atoms with E-state index in [-0.39, 0.29) is 34.9 Å². The lowest BCUT2D eigenvalue weighted by molar-refractivity contribution is 0.0997. The maximum atomic E-state index is 13.1. The van der Waals surface area contributed by atoms with Crippen molar-refractivity contribution in [2.45, 2.75) is 13.5 Å². The number of phenols is 1.